The lowest BCUT2D eigenvalue weighted by Crippen LogP contribution is -2.37. The summed E-state index contributed by atoms with van der Waals surface area (Å²) in [5, 5.41) is 5.01. The van der Waals surface area contributed by atoms with Gasteiger partial charge in [-0.15, -0.1) is 0 Å². The van der Waals surface area contributed by atoms with E-state index in [1.54, 1.807) is 0 Å². The fourth-order valence-corrected chi connectivity index (χ4v) is 4.78. The summed E-state index contributed by atoms with van der Waals surface area (Å²) >= 11 is 12.9. The molecule has 0 bridgehead atoms. The van der Waals surface area contributed by atoms with E-state index in [0.717, 1.165) is 43.2 Å². The number of halogens is 2. The molecule has 132 valence electrons. The van der Waals surface area contributed by atoms with E-state index >= 15 is 0 Å². The summed E-state index contributed by atoms with van der Waals surface area (Å²) < 4.78 is 5.93. The van der Waals surface area contributed by atoms with Gasteiger partial charge in [-0.3, -0.25) is 0 Å². The number of ether oxygens (including phenoxy) is 1. The molecule has 0 saturated carbocycles. The summed E-state index contributed by atoms with van der Waals surface area (Å²) in [5.74, 6) is 1.37. The van der Waals surface area contributed by atoms with Crippen molar-refractivity contribution in [3.8, 4) is 5.75 Å². The minimum Gasteiger partial charge on any atom is -0.492 e. The van der Waals surface area contributed by atoms with Crippen LogP contribution in [0, 0.1) is 0 Å². The quantitative estimate of drug-likeness (QED) is 0.834. The summed E-state index contributed by atoms with van der Waals surface area (Å²) in [7, 11) is 0. The third kappa shape index (κ3) is 3.46. The van der Waals surface area contributed by atoms with E-state index in [2.05, 4.69) is 16.3 Å². The van der Waals surface area contributed by atoms with Gasteiger partial charge < -0.3 is 15.0 Å². The van der Waals surface area contributed by atoms with Gasteiger partial charge in [0.05, 0.1) is 6.54 Å². The minimum atomic E-state index is 0.459. The minimum absolute atomic E-state index is 0.459. The van der Waals surface area contributed by atoms with Crippen molar-refractivity contribution in [2.45, 2.75) is 24.8 Å². The van der Waals surface area contributed by atoms with Crippen LogP contribution in [0.2, 0.25) is 10.0 Å². The third-order valence-electron chi connectivity index (χ3n) is 5.21. The molecule has 1 saturated heterocycles. The molecule has 1 fully saturated rings. The molecule has 0 amide bonds. The van der Waals surface area contributed by atoms with Crippen molar-refractivity contribution in [3.63, 3.8) is 0 Å². The van der Waals surface area contributed by atoms with Gasteiger partial charge in [0.2, 0.25) is 0 Å². The van der Waals surface area contributed by atoms with Crippen LogP contribution in [0.25, 0.3) is 0 Å². The SMILES string of the molecule is Clc1cc(Cl)c2c(c1)N(CCOc1ccccc1)C1CCNCCC21. The Labute approximate surface area is 158 Å². The second-order valence-electron chi connectivity index (χ2n) is 6.68. The van der Waals surface area contributed by atoms with Crippen LogP contribution >= 0.6 is 23.2 Å². The Balaban J connectivity index is 1.57. The lowest BCUT2D eigenvalue weighted by atomic mass is 9.91. The molecule has 3 nitrogen and oxygen atoms in total. The Morgan fingerprint density at radius 2 is 1.88 bits per heavy atom. The van der Waals surface area contributed by atoms with Gasteiger partial charge in [-0.2, -0.15) is 0 Å². The molecule has 2 aliphatic heterocycles. The van der Waals surface area contributed by atoms with Crippen LogP contribution < -0.4 is 15.0 Å². The molecule has 2 atom stereocenters. The highest BCUT2D eigenvalue weighted by Crippen LogP contribution is 2.48. The molecule has 0 radical (unpaired) electrons. The van der Waals surface area contributed by atoms with Crippen molar-refractivity contribution in [1.29, 1.82) is 0 Å². The topological polar surface area (TPSA) is 24.5 Å². The van der Waals surface area contributed by atoms with E-state index in [1.807, 2.05) is 36.4 Å². The van der Waals surface area contributed by atoms with Gasteiger partial charge >= 0.3 is 0 Å². The highest BCUT2D eigenvalue weighted by Gasteiger charge is 2.40. The third-order valence-corrected chi connectivity index (χ3v) is 5.74. The zero-order valence-corrected chi connectivity index (χ0v) is 15.6. The fraction of sp³-hybridized carbons (Fsp3) is 0.400. The number of benzene rings is 2. The standard InChI is InChI=1S/C20H22Cl2N2O/c21-14-12-17(22)20-16-6-8-23-9-7-18(16)24(19(20)13-14)10-11-25-15-4-2-1-3-5-15/h1-5,12-13,16,18,23H,6-11H2. The molecule has 2 aliphatic rings. The summed E-state index contributed by atoms with van der Waals surface area (Å²) in [6.45, 7) is 3.55. The van der Waals surface area contributed by atoms with Crippen molar-refractivity contribution >= 4 is 28.9 Å². The van der Waals surface area contributed by atoms with Crippen LogP contribution in [0.1, 0.15) is 24.3 Å². The molecule has 5 heteroatoms. The van der Waals surface area contributed by atoms with E-state index in [4.69, 9.17) is 27.9 Å². The van der Waals surface area contributed by atoms with Crippen LogP contribution in [-0.2, 0) is 0 Å². The molecule has 0 aromatic heterocycles. The van der Waals surface area contributed by atoms with Crippen molar-refractivity contribution < 1.29 is 4.74 Å². The smallest absolute Gasteiger partial charge is 0.119 e. The maximum Gasteiger partial charge on any atom is 0.119 e. The summed E-state index contributed by atoms with van der Waals surface area (Å²) in [5.41, 5.74) is 2.45. The first-order valence-electron chi connectivity index (χ1n) is 8.88. The van der Waals surface area contributed by atoms with Crippen LogP contribution in [0.15, 0.2) is 42.5 Å². The zero-order valence-electron chi connectivity index (χ0n) is 14.1. The number of anilines is 1. The predicted octanol–water partition coefficient (Wildman–Crippen LogP) is 4.73. The average Bonchev–Trinajstić information content (AvgIpc) is 2.75. The van der Waals surface area contributed by atoms with Crippen LogP contribution in [0.3, 0.4) is 0 Å². The maximum atomic E-state index is 6.58. The monoisotopic (exact) mass is 376 g/mol. The van der Waals surface area contributed by atoms with Crippen molar-refractivity contribution in [3.05, 3.63) is 58.1 Å². The fourth-order valence-electron chi connectivity index (χ4n) is 4.16. The van der Waals surface area contributed by atoms with Crippen molar-refractivity contribution in [2.24, 2.45) is 0 Å². The molecule has 0 aliphatic carbocycles. The molecule has 0 spiro atoms. The summed E-state index contributed by atoms with van der Waals surface area (Å²) in [6, 6.07) is 14.4. The highest BCUT2D eigenvalue weighted by molar-refractivity contribution is 6.35. The number of fused-ring (bicyclic) bond motifs is 3. The molecule has 2 heterocycles. The number of rotatable bonds is 4. The predicted molar refractivity (Wildman–Crippen MR) is 104 cm³/mol. The summed E-state index contributed by atoms with van der Waals surface area (Å²) in [6.07, 6.45) is 2.22. The second kappa shape index (κ2) is 7.45. The Kier molecular flexibility index (Phi) is 5.07. The Hall–Kier alpha value is -1.42. The number of nitrogens with zero attached hydrogens (tertiary/aromatic N) is 1. The van der Waals surface area contributed by atoms with Crippen molar-refractivity contribution in [1.82, 2.24) is 5.32 Å². The molecule has 4 rings (SSSR count). The first-order chi connectivity index (χ1) is 12.2. The second-order valence-corrected chi connectivity index (χ2v) is 7.52. The molecule has 2 unspecified atom stereocenters. The summed E-state index contributed by atoms with van der Waals surface area (Å²) in [4.78, 5) is 2.45. The Morgan fingerprint density at radius 3 is 2.72 bits per heavy atom. The van der Waals surface area contributed by atoms with Gasteiger partial charge in [-0.1, -0.05) is 41.4 Å². The number of hydrogen-bond donors (Lipinski definition) is 1. The number of hydrogen-bond acceptors (Lipinski definition) is 3. The lowest BCUT2D eigenvalue weighted by molar-refractivity contribution is 0.317. The van der Waals surface area contributed by atoms with Gasteiger partial charge in [0.15, 0.2) is 0 Å². The van der Waals surface area contributed by atoms with Gasteiger partial charge in [-0.25, -0.2) is 0 Å². The Bertz CT molecular complexity index is 738. The van der Waals surface area contributed by atoms with E-state index in [0.29, 0.717) is 23.6 Å². The highest BCUT2D eigenvalue weighted by atomic mass is 35.5. The number of nitrogens with one attached hydrogen (secondary N) is 1. The van der Waals surface area contributed by atoms with Crippen LogP contribution in [0.5, 0.6) is 5.75 Å². The van der Waals surface area contributed by atoms with Gasteiger partial charge in [0, 0.05) is 27.7 Å². The molecular formula is C20H22Cl2N2O. The van der Waals surface area contributed by atoms with E-state index in [9.17, 15) is 0 Å². The Morgan fingerprint density at radius 1 is 1.08 bits per heavy atom. The molecular weight excluding hydrogens is 355 g/mol. The lowest BCUT2D eigenvalue weighted by Gasteiger charge is -2.29. The normalized spacial score (nSPS) is 22.2. The van der Waals surface area contributed by atoms with Gasteiger partial charge in [0.25, 0.3) is 0 Å². The number of para-hydroxylation sites is 1. The molecule has 2 aromatic rings. The first kappa shape index (κ1) is 17.0. The first-order valence-corrected chi connectivity index (χ1v) is 9.64. The molecule has 25 heavy (non-hydrogen) atoms. The maximum absolute atomic E-state index is 6.58. The molecule has 1 N–H and O–H groups in total. The van der Waals surface area contributed by atoms with E-state index in [1.165, 1.54) is 11.3 Å². The zero-order chi connectivity index (χ0) is 17.2. The van der Waals surface area contributed by atoms with Gasteiger partial charge in [0.1, 0.15) is 12.4 Å². The van der Waals surface area contributed by atoms with Crippen molar-refractivity contribution in [2.75, 3.05) is 31.1 Å². The average molecular weight is 377 g/mol. The molecule has 2 aromatic carbocycles. The van der Waals surface area contributed by atoms with Crippen LogP contribution in [-0.4, -0.2) is 32.3 Å². The largest absolute Gasteiger partial charge is 0.492 e. The van der Waals surface area contributed by atoms with Gasteiger partial charge in [-0.05, 0) is 55.8 Å². The van der Waals surface area contributed by atoms with E-state index < -0.39 is 0 Å². The van der Waals surface area contributed by atoms with Crippen LogP contribution in [0.4, 0.5) is 5.69 Å². The van der Waals surface area contributed by atoms with E-state index in [-0.39, 0.29) is 0 Å².